The van der Waals surface area contributed by atoms with Gasteiger partial charge in [-0.05, 0) is 31.0 Å². The highest BCUT2D eigenvalue weighted by atomic mass is 32.1. The molecule has 0 saturated carbocycles. The van der Waals surface area contributed by atoms with Crippen molar-refractivity contribution < 1.29 is 4.74 Å². The molecule has 0 N–H and O–H groups in total. The summed E-state index contributed by atoms with van der Waals surface area (Å²) in [5, 5.41) is 9.71. The lowest BCUT2D eigenvalue weighted by atomic mass is 10.0. The second-order valence-corrected chi connectivity index (χ2v) is 5.94. The van der Waals surface area contributed by atoms with Crippen molar-refractivity contribution in [2.45, 2.75) is 26.7 Å². The molecule has 0 spiro atoms. The summed E-state index contributed by atoms with van der Waals surface area (Å²) < 4.78 is 5.88. The summed E-state index contributed by atoms with van der Waals surface area (Å²) in [7, 11) is 0. The van der Waals surface area contributed by atoms with Crippen molar-refractivity contribution in [1.82, 2.24) is 4.98 Å². The molecular formula is C15H14N2OS. The lowest BCUT2D eigenvalue weighted by Crippen LogP contribution is -1.99. The normalized spacial score (nSPS) is 12.9. The highest BCUT2D eigenvalue weighted by Gasteiger charge is 2.21. The van der Waals surface area contributed by atoms with Gasteiger partial charge in [-0.15, -0.1) is 11.3 Å². The quantitative estimate of drug-likeness (QED) is 0.797. The summed E-state index contributed by atoms with van der Waals surface area (Å²) in [6, 6.07) is 6.43. The van der Waals surface area contributed by atoms with E-state index in [1.807, 2.05) is 0 Å². The molecule has 1 aliphatic rings. The van der Waals surface area contributed by atoms with E-state index in [9.17, 15) is 0 Å². The zero-order valence-electron chi connectivity index (χ0n) is 11.0. The van der Waals surface area contributed by atoms with Gasteiger partial charge in [-0.25, -0.2) is 4.98 Å². The third-order valence-corrected chi connectivity index (χ3v) is 4.34. The van der Waals surface area contributed by atoms with E-state index >= 15 is 0 Å². The van der Waals surface area contributed by atoms with Crippen molar-refractivity contribution >= 4 is 11.3 Å². The Labute approximate surface area is 116 Å². The van der Waals surface area contributed by atoms with E-state index < -0.39 is 0 Å². The van der Waals surface area contributed by atoms with Crippen molar-refractivity contribution in [1.29, 1.82) is 5.26 Å². The molecule has 96 valence electrons. The number of thiazole rings is 1. The third-order valence-electron chi connectivity index (χ3n) is 3.22. The predicted octanol–water partition coefficient (Wildman–Crippen LogP) is 3.43. The Morgan fingerprint density at radius 1 is 1.42 bits per heavy atom. The Morgan fingerprint density at radius 2 is 2.26 bits per heavy atom. The number of hydrogen-bond donors (Lipinski definition) is 0. The zero-order valence-corrected chi connectivity index (χ0v) is 11.8. The topological polar surface area (TPSA) is 45.9 Å². The van der Waals surface area contributed by atoms with Crippen LogP contribution < -0.4 is 4.74 Å². The summed E-state index contributed by atoms with van der Waals surface area (Å²) >= 11 is 1.63. The van der Waals surface area contributed by atoms with Gasteiger partial charge in [-0.2, -0.15) is 5.26 Å². The second-order valence-electron chi connectivity index (χ2n) is 4.77. The van der Waals surface area contributed by atoms with Crippen LogP contribution in [0, 0.1) is 25.2 Å². The van der Waals surface area contributed by atoms with Crippen LogP contribution >= 0.6 is 11.3 Å². The monoisotopic (exact) mass is 270 g/mol. The fourth-order valence-electron chi connectivity index (χ4n) is 2.49. The summed E-state index contributed by atoms with van der Waals surface area (Å²) in [6.07, 6.45) is 1.25. The van der Waals surface area contributed by atoms with E-state index in [-0.39, 0.29) is 0 Å². The lowest BCUT2D eigenvalue weighted by Gasteiger charge is -2.11. The summed E-state index contributed by atoms with van der Waals surface area (Å²) in [6.45, 7) is 4.83. The Kier molecular flexibility index (Phi) is 3.00. The van der Waals surface area contributed by atoms with Gasteiger partial charge in [0.25, 0.3) is 0 Å². The van der Waals surface area contributed by atoms with Crippen molar-refractivity contribution in [3.05, 3.63) is 33.1 Å². The van der Waals surface area contributed by atoms with Crippen LogP contribution in [-0.4, -0.2) is 11.6 Å². The molecule has 0 unspecified atom stereocenters. The standard InChI is InChI=1S/C15H14N2OS/c1-9-7-10(2)15-11(8-9)14-12(4-6-18-15)19-13(17-14)3-5-16/h7-8H,3-4,6H2,1-2H3. The predicted molar refractivity (Wildman–Crippen MR) is 75.5 cm³/mol. The van der Waals surface area contributed by atoms with Gasteiger partial charge in [0.1, 0.15) is 10.8 Å². The Hall–Kier alpha value is -1.86. The molecule has 0 radical (unpaired) electrons. The molecule has 1 aromatic carbocycles. The van der Waals surface area contributed by atoms with Crippen LogP contribution in [0.4, 0.5) is 0 Å². The molecule has 2 heterocycles. The molecule has 0 amide bonds. The molecule has 1 aliphatic heterocycles. The number of ether oxygens (including phenoxy) is 1. The Bertz CT molecular complexity index is 682. The highest BCUT2D eigenvalue weighted by Crippen LogP contribution is 2.40. The third kappa shape index (κ3) is 2.11. The minimum absolute atomic E-state index is 0.388. The summed E-state index contributed by atoms with van der Waals surface area (Å²) in [5.74, 6) is 0.943. The van der Waals surface area contributed by atoms with E-state index in [1.54, 1.807) is 11.3 Å². The zero-order chi connectivity index (χ0) is 13.4. The smallest absolute Gasteiger partial charge is 0.131 e. The summed E-state index contributed by atoms with van der Waals surface area (Å²) in [4.78, 5) is 5.87. The average molecular weight is 270 g/mol. The molecule has 1 aromatic heterocycles. The molecule has 3 rings (SSSR count). The maximum atomic E-state index is 8.81. The number of nitrogens with zero attached hydrogens (tertiary/aromatic N) is 2. The van der Waals surface area contributed by atoms with Crippen LogP contribution in [0.3, 0.4) is 0 Å². The average Bonchev–Trinajstić information content (AvgIpc) is 2.67. The van der Waals surface area contributed by atoms with Crippen molar-refractivity contribution in [3.8, 4) is 23.1 Å². The van der Waals surface area contributed by atoms with Crippen LogP contribution in [0.25, 0.3) is 11.3 Å². The largest absolute Gasteiger partial charge is 0.492 e. The fraction of sp³-hybridized carbons (Fsp3) is 0.333. The number of aromatic nitrogens is 1. The van der Waals surface area contributed by atoms with Crippen LogP contribution in [0.1, 0.15) is 21.0 Å². The van der Waals surface area contributed by atoms with Gasteiger partial charge < -0.3 is 4.74 Å². The van der Waals surface area contributed by atoms with Gasteiger partial charge >= 0.3 is 0 Å². The first-order chi connectivity index (χ1) is 9.19. The van der Waals surface area contributed by atoms with Crippen molar-refractivity contribution in [2.24, 2.45) is 0 Å². The van der Waals surface area contributed by atoms with Crippen LogP contribution in [0.2, 0.25) is 0 Å². The van der Waals surface area contributed by atoms with Gasteiger partial charge in [-0.1, -0.05) is 6.07 Å². The van der Waals surface area contributed by atoms with E-state index in [4.69, 9.17) is 10.00 Å². The minimum atomic E-state index is 0.388. The number of rotatable bonds is 1. The van der Waals surface area contributed by atoms with E-state index in [0.29, 0.717) is 13.0 Å². The van der Waals surface area contributed by atoms with Gasteiger partial charge in [0.15, 0.2) is 0 Å². The van der Waals surface area contributed by atoms with Crippen LogP contribution in [0.5, 0.6) is 5.75 Å². The lowest BCUT2D eigenvalue weighted by molar-refractivity contribution is 0.325. The number of hydrogen-bond acceptors (Lipinski definition) is 4. The summed E-state index contributed by atoms with van der Waals surface area (Å²) in [5.41, 5.74) is 4.44. The van der Waals surface area contributed by atoms with Crippen molar-refractivity contribution in [3.63, 3.8) is 0 Å². The molecule has 0 fully saturated rings. The molecule has 0 aliphatic carbocycles. The minimum Gasteiger partial charge on any atom is -0.492 e. The van der Waals surface area contributed by atoms with Crippen LogP contribution in [-0.2, 0) is 12.8 Å². The van der Waals surface area contributed by atoms with E-state index in [0.717, 1.165) is 34.0 Å². The molecule has 3 nitrogen and oxygen atoms in total. The second kappa shape index (κ2) is 4.67. The number of fused-ring (bicyclic) bond motifs is 3. The number of nitriles is 1. The van der Waals surface area contributed by atoms with E-state index in [1.165, 1.54) is 10.4 Å². The fourth-order valence-corrected chi connectivity index (χ4v) is 3.49. The van der Waals surface area contributed by atoms with Crippen LogP contribution in [0.15, 0.2) is 12.1 Å². The van der Waals surface area contributed by atoms with Crippen molar-refractivity contribution in [2.75, 3.05) is 6.61 Å². The maximum Gasteiger partial charge on any atom is 0.131 e. The Morgan fingerprint density at radius 3 is 3.05 bits per heavy atom. The first-order valence-electron chi connectivity index (χ1n) is 6.29. The molecular weight excluding hydrogens is 256 g/mol. The molecule has 0 saturated heterocycles. The van der Waals surface area contributed by atoms with E-state index in [2.05, 4.69) is 37.0 Å². The highest BCUT2D eigenvalue weighted by molar-refractivity contribution is 7.12. The molecule has 0 bridgehead atoms. The van der Waals surface area contributed by atoms with Gasteiger partial charge in [0, 0.05) is 16.9 Å². The van der Waals surface area contributed by atoms with Gasteiger partial charge in [0.2, 0.25) is 0 Å². The SMILES string of the molecule is Cc1cc(C)c2c(c1)-c1nc(CC#N)sc1CCO2. The van der Waals surface area contributed by atoms with Gasteiger partial charge in [0.05, 0.1) is 24.8 Å². The molecule has 0 atom stereocenters. The Balaban J connectivity index is 2.21. The first-order valence-corrected chi connectivity index (χ1v) is 7.10. The first kappa shape index (κ1) is 12.2. The molecule has 19 heavy (non-hydrogen) atoms. The molecule has 4 heteroatoms. The maximum absolute atomic E-state index is 8.81. The molecule has 2 aromatic rings. The number of benzene rings is 1. The van der Waals surface area contributed by atoms with Gasteiger partial charge in [-0.3, -0.25) is 0 Å². The number of aryl methyl sites for hydroxylation is 2.